The van der Waals surface area contributed by atoms with Crippen molar-refractivity contribution in [2.24, 2.45) is 11.5 Å². The van der Waals surface area contributed by atoms with Gasteiger partial charge in [0.2, 0.25) is 17.7 Å². The molecule has 9 nitrogen and oxygen atoms in total. The van der Waals surface area contributed by atoms with Gasteiger partial charge in [0, 0.05) is 18.7 Å². The van der Waals surface area contributed by atoms with Crippen LogP contribution in [0.5, 0.6) is 5.75 Å². The van der Waals surface area contributed by atoms with Gasteiger partial charge < -0.3 is 31.9 Å². The number of hydrogen-bond acceptors (Lipinski definition) is 6. The van der Waals surface area contributed by atoms with E-state index in [0.717, 1.165) is 16.7 Å². The van der Waals surface area contributed by atoms with Crippen molar-refractivity contribution in [3.05, 3.63) is 137 Å². The standard InChI is InChI=1S/C35H38N4O5/c1-2-44-27-18-16-23(17-19-27)20-30(28-10-6-7-11-29(28)33(37)41)34(42)39-31(32(40)26-8-4-3-5-9-26)35(43)38-22-25-14-12-24(21-36)13-15-25/h3-19,30-32,40H,2,20-22,36H2,1H3,(H2,37,41)(H,38,43)(H,39,42)/t30-,31+,32-/m1/s1. The number of aliphatic hydroxyl groups is 1. The van der Waals surface area contributed by atoms with Crippen molar-refractivity contribution < 1.29 is 24.2 Å². The highest BCUT2D eigenvalue weighted by atomic mass is 16.5. The minimum absolute atomic E-state index is 0.178. The van der Waals surface area contributed by atoms with Gasteiger partial charge in [0.15, 0.2) is 0 Å². The summed E-state index contributed by atoms with van der Waals surface area (Å²) in [6, 6.07) is 28.7. The molecule has 4 rings (SSSR count). The molecule has 0 saturated carbocycles. The van der Waals surface area contributed by atoms with Crippen LogP contribution in [-0.4, -0.2) is 35.5 Å². The highest BCUT2D eigenvalue weighted by Gasteiger charge is 2.33. The van der Waals surface area contributed by atoms with E-state index in [1.165, 1.54) is 0 Å². The third kappa shape index (κ3) is 8.31. The van der Waals surface area contributed by atoms with Crippen LogP contribution in [0.25, 0.3) is 0 Å². The summed E-state index contributed by atoms with van der Waals surface area (Å²) in [6.07, 6.45) is -1.15. The largest absolute Gasteiger partial charge is 0.494 e. The number of hydrogen-bond donors (Lipinski definition) is 5. The van der Waals surface area contributed by atoms with E-state index >= 15 is 0 Å². The summed E-state index contributed by atoms with van der Waals surface area (Å²) in [7, 11) is 0. The Morgan fingerprint density at radius 3 is 2.05 bits per heavy atom. The van der Waals surface area contributed by atoms with Crippen molar-refractivity contribution in [3.8, 4) is 5.75 Å². The molecule has 4 aromatic rings. The maximum Gasteiger partial charge on any atom is 0.249 e. The van der Waals surface area contributed by atoms with E-state index in [-0.39, 0.29) is 18.5 Å². The van der Waals surface area contributed by atoms with Crippen molar-refractivity contribution in [3.63, 3.8) is 0 Å². The van der Waals surface area contributed by atoms with Crippen molar-refractivity contribution >= 4 is 17.7 Å². The Labute approximate surface area is 257 Å². The molecule has 0 spiro atoms. The SMILES string of the molecule is CCOc1ccc(C[C@@H](C(=O)N[C@H](C(=O)NCc2ccc(CN)cc2)[C@H](O)c2ccccc2)c2ccccc2C(N)=O)cc1. The average molecular weight is 595 g/mol. The highest BCUT2D eigenvalue weighted by molar-refractivity contribution is 5.98. The molecule has 0 aliphatic carbocycles. The molecule has 0 aliphatic rings. The van der Waals surface area contributed by atoms with Gasteiger partial charge in [-0.2, -0.15) is 0 Å². The number of nitrogens with two attached hydrogens (primary N) is 2. The number of amides is 3. The second kappa shape index (κ2) is 15.5. The van der Waals surface area contributed by atoms with Crippen LogP contribution in [0, 0.1) is 0 Å². The lowest BCUT2D eigenvalue weighted by atomic mass is 9.87. The number of aliphatic hydroxyl groups excluding tert-OH is 1. The van der Waals surface area contributed by atoms with Crippen LogP contribution in [0.15, 0.2) is 103 Å². The summed E-state index contributed by atoms with van der Waals surface area (Å²) < 4.78 is 5.54. The first-order chi connectivity index (χ1) is 21.3. The van der Waals surface area contributed by atoms with E-state index in [1.54, 1.807) is 54.6 Å². The van der Waals surface area contributed by atoms with Crippen LogP contribution >= 0.6 is 0 Å². The Hall–Kier alpha value is -4.99. The summed E-state index contributed by atoms with van der Waals surface area (Å²) in [5.74, 6) is -2.01. The van der Waals surface area contributed by atoms with Gasteiger partial charge in [0.05, 0.1) is 12.5 Å². The van der Waals surface area contributed by atoms with Crippen LogP contribution in [0.2, 0.25) is 0 Å². The zero-order chi connectivity index (χ0) is 31.5. The van der Waals surface area contributed by atoms with Crippen LogP contribution in [0.4, 0.5) is 0 Å². The Bertz CT molecular complexity index is 1540. The second-order valence-corrected chi connectivity index (χ2v) is 10.4. The van der Waals surface area contributed by atoms with Crippen molar-refractivity contribution in [1.29, 1.82) is 0 Å². The number of benzene rings is 4. The molecule has 0 aromatic heterocycles. The number of ether oxygens (including phenoxy) is 1. The van der Waals surface area contributed by atoms with E-state index in [1.807, 2.05) is 55.5 Å². The zero-order valence-corrected chi connectivity index (χ0v) is 24.6. The van der Waals surface area contributed by atoms with E-state index in [9.17, 15) is 19.5 Å². The molecule has 228 valence electrons. The summed E-state index contributed by atoms with van der Waals surface area (Å²) >= 11 is 0. The number of carbonyl (C=O) groups excluding carboxylic acids is 3. The summed E-state index contributed by atoms with van der Waals surface area (Å²) in [5, 5.41) is 17.0. The van der Waals surface area contributed by atoms with Gasteiger partial charge in [-0.05, 0) is 59.4 Å². The maximum atomic E-state index is 14.1. The minimum Gasteiger partial charge on any atom is -0.494 e. The third-order valence-corrected chi connectivity index (χ3v) is 7.35. The van der Waals surface area contributed by atoms with Crippen LogP contribution in [0.3, 0.4) is 0 Å². The molecule has 0 radical (unpaired) electrons. The third-order valence-electron chi connectivity index (χ3n) is 7.35. The Morgan fingerprint density at radius 1 is 0.795 bits per heavy atom. The summed E-state index contributed by atoms with van der Waals surface area (Å²) in [4.78, 5) is 40.0. The van der Waals surface area contributed by atoms with Gasteiger partial charge in [-0.1, -0.05) is 84.9 Å². The molecule has 9 heteroatoms. The predicted octanol–water partition coefficient (Wildman–Crippen LogP) is 3.50. The Kier molecular flexibility index (Phi) is 11.2. The molecule has 3 amide bonds. The van der Waals surface area contributed by atoms with Crippen molar-refractivity contribution in [1.82, 2.24) is 10.6 Å². The van der Waals surface area contributed by atoms with E-state index in [4.69, 9.17) is 16.2 Å². The predicted molar refractivity (Wildman–Crippen MR) is 169 cm³/mol. The number of carbonyl (C=O) groups is 3. The molecule has 3 atom stereocenters. The molecule has 0 bridgehead atoms. The van der Waals surface area contributed by atoms with E-state index < -0.39 is 35.8 Å². The van der Waals surface area contributed by atoms with E-state index in [2.05, 4.69) is 10.6 Å². The molecule has 0 heterocycles. The first kappa shape index (κ1) is 31.9. The highest BCUT2D eigenvalue weighted by Crippen LogP contribution is 2.27. The lowest BCUT2D eigenvalue weighted by Gasteiger charge is -2.27. The Morgan fingerprint density at radius 2 is 1.41 bits per heavy atom. The van der Waals surface area contributed by atoms with Gasteiger partial charge in [0.25, 0.3) is 0 Å². The Balaban J connectivity index is 1.64. The topological polar surface area (TPSA) is 157 Å². The maximum absolute atomic E-state index is 14.1. The molecule has 0 saturated heterocycles. The van der Waals surface area contributed by atoms with Gasteiger partial charge in [0.1, 0.15) is 17.9 Å². The minimum atomic E-state index is -1.35. The van der Waals surface area contributed by atoms with Crippen molar-refractivity contribution in [2.45, 2.75) is 44.5 Å². The molecule has 0 fully saturated rings. The van der Waals surface area contributed by atoms with E-state index in [0.29, 0.717) is 30.0 Å². The fraction of sp³-hybridized carbons (Fsp3) is 0.229. The first-order valence-corrected chi connectivity index (χ1v) is 14.5. The molecule has 7 N–H and O–H groups in total. The van der Waals surface area contributed by atoms with Gasteiger partial charge in [-0.25, -0.2) is 0 Å². The zero-order valence-electron chi connectivity index (χ0n) is 24.6. The monoisotopic (exact) mass is 594 g/mol. The lowest BCUT2D eigenvalue weighted by molar-refractivity contribution is -0.132. The van der Waals surface area contributed by atoms with Crippen molar-refractivity contribution in [2.75, 3.05) is 6.61 Å². The van der Waals surface area contributed by atoms with Gasteiger partial charge in [-0.15, -0.1) is 0 Å². The smallest absolute Gasteiger partial charge is 0.249 e. The summed E-state index contributed by atoms with van der Waals surface area (Å²) in [6.45, 7) is 2.99. The first-order valence-electron chi connectivity index (χ1n) is 14.5. The molecule has 0 aliphatic heterocycles. The molecular formula is C35H38N4O5. The quantitative estimate of drug-likeness (QED) is 0.150. The normalized spacial score (nSPS) is 12.9. The number of nitrogens with one attached hydrogen (secondary N) is 2. The lowest BCUT2D eigenvalue weighted by Crippen LogP contribution is -2.51. The molecule has 4 aromatic carbocycles. The molecular weight excluding hydrogens is 556 g/mol. The number of rotatable bonds is 14. The van der Waals surface area contributed by atoms with Gasteiger partial charge in [-0.3, -0.25) is 14.4 Å². The fourth-order valence-corrected chi connectivity index (χ4v) is 4.97. The van der Waals surface area contributed by atoms with Crippen LogP contribution in [0.1, 0.15) is 57.1 Å². The number of primary amides is 1. The summed E-state index contributed by atoms with van der Waals surface area (Å²) in [5.41, 5.74) is 15.0. The average Bonchev–Trinajstić information content (AvgIpc) is 3.06. The molecule has 0 unspecified atom stereocenters. The fourth-order valence-electron chi connectivity index (χ4n) is 4.97. The van der Waals surface area contributed by atoms with Gasteiger partial charge >= 0.3 is 0 Å². The van der Waals surface area contributed by atoms with Crippen LogP contribution in [-0.2, 0) is 29.1 Å². The molecule has 44 heavy (non-hydrogen) atoms. The van der Waals surface area contributed by atoms with Crippen LogP contribution < -0.4 is 26.8 Å². The second-order valence-electron chi connectivity index (χ2n) is 10.4.